The van der Waals surface area contributed by atoms with E-state index in [9.17, 15) is 0 Å². The van der Waals surface area contributed by atoms with Gasteiger partial charge in [0.15, 0.2) is 5.13 Å². The van der Waals surface area contributed by atoms with Gasteiger partial charge in [-0.25, -0.2) is 4.98 Å². The maximum Gasteiger partial charge on any atom is 0.181 e. The highest BCUT2D eigenvalue weighted by Crippen LogP contribution is 2.19. The van der Waals surface area contributed by atoms with Gasteiger partial charge in [-0.1, -0.05) is 24.7 Å². The van der Waals surface area contributed by atoms with E-state index in [1.807, 2.05) is 0 Å². The largest absolute Gasteiger partial charge is 0.375 e. The van der Waals surface area contributed by atoms with Crippen LogP contribution in [0, 0.1) is 11.3 Å². The third kappa shape index (κ3) is 1.69. The van der Waals surface area contributed by atoms with Crippen LogP contribution < -0.4 is 5.73 Å². The molecule has 1 heterocycles. The molecule has 3 nitrogen and oxygen atoms in total. The van der Waals surface area contributed by atoms with Gasteiger partial charge in [-0.3, -0.25) is 0 Å². The summed E-state index contributed by atoms with van der Waals surface area (Å²) in [7, 11) is 0. The third-order valence-electron chi connectivity index (χ3n) is 1.30. The number of nitrogen functional groups attached to an aromatic ring is 1. The molecule has 0 radical (unpaired) electrons. The van der Waals surface area contributed by atoms with Gasteiger partial charge in [0.05, 0.1) is 5.69 Å². The van der Waals surface area contributed by atoms with Crippen molar-refractivity contribution in [2.75, 3.05) is 5.73 Å². The maximum absolute atomic E-state index is 8.62. The number of nitrogens with zero attached hydrogens (tertiary/aromatic N) is 2. The van der Waals surface area contributed by atoms with E-state index >= 15 is 0 Å². The van der Waals surface area contributed by atoms with Crippen LogP contribution in [0.25, 0.3) is 0 Å². The van der Waals surface area contributed by atoms with Crippen molar-refractivity contribution in [2.45, 2.75) is 19.8 Å². The van der Waals surface area contributed by atoms with Crippen LogP contribution in [0.3, 0.4) is 0 Å². The van der Waals surface area contributed by atoms with E-state index in [2.05, 4.69) is 18.0 Å². The number of rotatable bonds is 2. The molecule has 0 aromatic carbocycles. The van der Waals surface area contributed by atoms with Crippen LogP contribution in [0.5, 0.6) is 0 Å². The monoisotopic (exact) mass is 167 g/mol. The molecule has 0 aliphatic heterocycles. The molecule has 0 amide bonds. The van der Waals surface area contributed by atoms with E-state index in [1.165, 1.54) is 11.3 Å². The Morgan fingerprint density at radius 3 is 3.00 bits per heavy atom. The predicted molar refractivity (Wildman–Crippen MR) is 45.2 cm³/mol. The van der Waals surface area contributed by atoms with Crippen molar-refractivity contribution >= 4 is 16.5 Å². The zero-order chi connectivity index (χ0) is 8.27. The highest BCUT2D eigenvalue weighted by atomic mass is 32.1. The first kappa shape index (κ1) is 8.02. The Labute approximate surface area is 69.5 Å². The number of nitriles is 1. The number of hydrogen-bond acceptors (Lipinski definition) is 4. The number of anilines is 1. The molecule has 4 heteroatoms. The van der Waals surface area contributed by atoms with Crippen molar-refractivity contribution in [3.63, 3.8) is 0 Å². The molecule has 0 aliphatic carbocycles. The summed E-state index contributed by atoms with van der Waals surface area (Å²) in [6, 6.07) is 2.08. The normalized spacial score (nSPS) is 9.45. The molecule has 2 N–H and O–H groups in total. The first-order valence-corrected chi connectivity index (χ1v) is 4.24. The highest BCUT2D eigenvalue weighted by Gasteiger charge is 2.06. The Hall–Kier alpha value is -1.08. The second-order valence-corrected chi connectivity index (χ2v) is 3.22. The molecule has 0 fully saturated rings. The van der Waals surface area contributed by atoms with E-state index in [-0.39, 0.29) is 0 Å². The summed E-state index contributed by atoms with van der Waals surface area (Å²) < 4.78 is 0. The van der Waals surface area contributed by atoms with Gasteiger partial charge in [-0.15, -0.1) is 0 Å². The van der Waals surface area contributed by atoms with E-state index < -0.39 is 0 Å². The van der Waals surface area contributed by atoms with E-state index in [0.29, 0.717) is 10.0 Å². The van der Waals surface area contributed by atoms with Crippen molar-refractivity contribution in [3.8, 4) is 6.07 Å². The molecule has 11 heavy (non-hydrogen) atoms. The molecule has 1 aromatic rings. The van der Waals surface area contributed by atoms with Gasteiger partial charge in [-0.05, 0) is 6.42 Å². The Kier molecular flexibility index (Phi) is 2.44. The van der Waals surface area contributed by atoms with Crippen LogP contribution in [0.1, 0.15) is 23.9 Å². The molecular formula is C7H9N3S. The summed E-state index contributed by atoms with van der Waals surface area (Å²) in [6.07, 6.45) is 1.84. The Morgan fingerprint density at radius 1 is 1.73 bits per heavy atom. The van der Waals surface area contributed by atoms with Crippen molar-refractivity contribution in [1.29, 1.82) is 5.26 Å². The number of nitrogens with two attached hydrogens (primary N) is 1. The van der Waals surface area contributed by atoms with Crippen molar-refractivity contribution in [1.82, 2.24) is 4.98 Å². The van der Waals surface area contributed by atoms with Gasteiger partial charge in [-0.2, -0.15) is 5.26 Å². The van der Waals surface area contributed by atoms with Crippen molar-refractivity contribution in [2.24, 2.45) is 0 Å². The van der Waals surface area contributed by atoms with Crippen molar-refractivity contribution in [3.05, 3.63) is 10.6 Å². The van der Waals surface area contributed by atoms with Crippen LogP contribution in [0.4, 0.5) is 5.13 Å². The second-order valence-electron chi connectivity index (χ2n) is 2.19. The Bertz CT molecular complexity index is 284. The van der Waals surface area contributed by atoms with Gasteiger partial charge in [0.1, 0.15) is 10.9 Å². The van der Waals surface area contributed by atoms with Gasteiger partial charge < -0.3 is 5.73 Å². The molecule has 1 rings (SSSR count). The lowest BCUT2D eigenvalue weighted by atomic mass is 10.2. The standard InChI is InChI=1S/C7H9N3S/c1-2-3-5-6(4-8)11-7(9)10-5/h2-3H2,1H3,(H2,9,10). The van der Waals surface area contributed by atoms with Crippen LogP contribution in [0.15, 0.2) is 0 Å². The fraction of sp³-hybridized carbons (Fsp3) is 0.429. The molecule has 0 bridgehead atoms. The lowest BCUT2D eigenvalue weighted by molar-refractivity contribution is 0.891. The molecule has 0 unspecified atom stereocenters. The van der Waals surface area contributed by atoms with Crippen LogP contribution in [-0.4, -0.2) is 4.98 Å². The first-order chi connectivity index (χ1) is 5.27. The van der Waals surface area contributed by atoms with Gasteiger partial charge in [0.25, 0.3) is 0 Å². The summed E-state index contributed by atoms with van der Waals surface area (Å²) in [5, 5.41) is 9.11. The van der Waals surface area contributed by atoms with E-state index in [4.69, 9.17) is 11.0 Å². The topological polar surface area (TPSA) is 62.7 Å². The van der Waals surface area contributed by atoms with Crippen molar-refractivity contribution < 1.29 is 0 Å². The van der Waals surface area contributed by atoms with Gasteiger partial charge in [0.2, 0.25) is 0 Å². The summed E-state index contributed by atoms with van der Waals surface area (Å²) in [5.41, 5.74) is 6.29. The minimum atomic E-state index is 0.491. The quantitative estimate of drug-likeness (QED) is 0.726. The summed E-state index contributed by atoms with van der Waals surface area (Å²) >= 11 is 1.26. The minimum Gasteiger partial charge on any atom is -0.375 e. The number of thiazole rings is 1. The lowest BCUT2D eigenvalue weighted by Gasteiger charge is -1.88. The lowest BCUT2D eigenvalue weighted by Crippen LogP contribution is -1.87. The SMILES string of the molecule is CCCc1nc(N)sc1C#N. The summed E-state index contributed by atoms with van der Waals surface area (Å²) in [4.78, 5) is 4.70. The molecule has 0 spiro atoms. The molecular weight excluding hydrogens is 158 g/mol. The average molecular weight is 167 g/mol. The smallest absolute Gasteiger partial charge is 0.181 e. The fourth-order valence-electron chi connectivity index (χ4n) is 0.864. The molecule has 0 saturated heterocycles. The van der Waals surface area contributed by atoms with Crippen LogP contribution >= 0.6 is 11.3 Å². The Balaban J connectivity index is 2.95. The maximum atomic E-state index is 8.62. The molecule has 0 aliphatic rings. The summed E-state index contributed by atoms with van der Waals surface area (Å²) in [6.45, 7) is 2.05. The summed E-state index contributed by atoms with van der Waals surface area (Å²) in [5.74, 6) is 0. The third-order valence-corrected chi connectivity index (χ3v) is 2.13. The van der Waals surface area contributed by atoms with E-state index in [1.54, 1.807) is 0 Å². The number of hydrogen-bond donors (Lipinski definition) is 1. The zero-order valence-corrected chi connectivity index (χ0v) is 7.11. The van der Waals surface area contributed by atoms with E-state index in [0.717, 1.165) is 18.5 Å². The fourth-order valence-corrected chi connectivity index (χ4v) is 1.54. The number of aryl methyl sites for hydroxylation is 1. The van der Waals surface area contributed by atoms with Crippen LogP contribution in [-0.2, 0) is 6.42 Å². The molecule has 0 atom stereocenters. The molecule has 58 valence electrons. The predicted octanol–water partition coefficient (Wildman–Crippen LogP) is 1.55. The molecule has 0 saturated carbocycles. The van der Waals surface area contributed by atoms with Gasteiger partial charge >= 0.3 is 0 Å². The highest BCUT2D eigenvalue weighted by molar-refractivity contribution is 7.16. The minimum absolute atomic E-state index is 0.491. The Morgan fingerprint density at radius 2 is 2.45 bits per heavy atom. The number of aromatic nitrogens is 1. The zero-order valence-electron chi connectivity index (χ0n) is 6.29. The first-order valence-electron chi connectivity index (χ1n) is 3.43. The molecule has 1 aromatic heterocycles. The second kappa shape index (κ2) is 3.35. The van der Waals surface area contributed by atoms with Crippen LogP contribution in [0.2, 0.25) is 0 Å². The van der Waals surface area contributed by atoms with Gasteiger partial charge in [0, 0.05) is 0 Å². The average Bonchev–Trinajstić information content (AvgIpc) is 2.32.